The molecule has 1 aliphatic carbocycles. The maximum absolute atomic E-state index is 5.65. The molecule has 1 aromatic heterocycles. The van der Waals surface area contributed by atoms with Crippen molar-refractivity contribution in [1.82, 2.24) is 4.57 Å². The van der Waals surface area contributed by atoms with Crippen LogP contribution in [0, 0.1) is 0 Å². The lowest BCUT2D eigenvalue weighted by molar-refractivity contribution is 0.361. The Morgan fingerprint density at radius 3 is 2.72 bits per heavy atom. The van der Waals surface area contributed by atoms with Crippen molar-refractivity contribution >= 4 is 10.9 Å². The van der Waals surface area contributed by atoms with Gasteiger partial charge in [-0.05, 0) is 48.9 Å². The van der Waals surface area contributed by atoms with Crippen LogP contribution in [0.1, 0.15) is 43.7 Å². The molecule has 1 aliphatic rings. The van der Waals surface area contributed by atoms with E-state index in [1.54, 1.807) is 0 Å². The van der Waals surface area contributed by atoms with Crippen molar-refractivity contribution < 1.29 is 0 Å². The van der Waals surface area contributed by atoms with Crippen molar-refractivity contribution in [3.8, 4) is 0 Å². The number of rotatable bonds is 3. The van der Waals surface area contributed by atoms with Crippen LogP contribution in [0.4, 0.5) is 0 Å². The summed E-state index contributed by atoms with van der Waals surface area (Å²) >= 11 is 0. The molecule has 18 heavy (non-hydrogen) atoms. The van der Waals surface area contributed by atoms with Gasteiger partial charge in [0, 0.05) is 17.8 Å². The average molecular weight is 242 g/mol. The molecule has 0 amide bonds. The van der Waals surface area contributed by atoms with Gasteiger partial charge in [-0.15, -0.1) is 0 Å². The topological polar surface area (TPSA) is 30.9 Å². The minimum absolute atomic E-state index is 0.712. The van der Waals surface area contributed by atoms with Gasteiger partial charge in [0.1, 0.15) is 0 Å². The Balaban J connectivity index is 1.97. The van der Waals surface area contributed by atoms with Crippen LogP contribution in [0.25, 0.3) is 10.9 Å². The largest absolute Gasteiger partial charge is 0.344 e. The Hall–Kier alpha value is -1.28. The molecule has 0 aliphatic heterocycles. The van der Waals surface area contributed by atoms with Gasteiger partial charge in [-0.2, -0.15) is 0 Å². The lowest BCUT2D eigenvalue weighted by Crippen LogP contribution is -2.11. The second-order valence-electron chi connectivity index (χ2n) is 5.45. The zero-order valence-electron chi connectivity index (χ0n) is 10.9. The lowest BCUT2D eigenvalue weighted by Gasteiger charge is -2.24. The normalized spacial score (nSPS) is 17.4. The first-order valence-corrected chi connectivity index (χ1v) is 7.18. The van der Waals surface area contributed by atoms with Gasteiger partial charge in [0.2, 0.25) is 0 Å². The average Bonchev–Trinajstić information content (AvgIpc) is 2.83. The quantitative estimate of drug-likeness (QED) is 0.875. The van der Waals surface area contributed by atoms with Crippen LogP contribution in [0.2, 0.25) is 0 Å². The van der Waals surface area contributed by atoms with E-state index in [0.717, 1.165) is 13.0 Å². The molecule has 1 fully saturated rings. The molecule has 0 bridgehead atoms. The van der Waals surface area contributed by atoms with E-state index in [0.29, 0.717) is 6.04 Å². The Morgan fingerprint density at radius 2 is 1.94 bits per heavy atom. The zero-order valence-corrected chi connectivity index (χ0v) is 10.9. The highest BCUT2D eigenvalue weighted by molar-refractivity contribution is 5.81. The van der Waals surface area contributed by atoms with E-state index in [1.165, 1.54) is 48.6 Å². The second kappa shape index (κ2) is 5.15. The number of nitrogens with two attached hydrogens (primary N) is 1. The van der Waals surface area contributed by atoms with Gasteiger partial charge in [-0.3, -0.25) is 0 Å². The minimum Gasteiger partial charge on any atom is -0.344 e. The van der Waals surface area contributed by atoms with Crippen LogP contribution >= 0.6 is 0 Å². The monoisotopic (exact) mass is 242 g/mol. The first-order chi connectivity index (χ1) is 8.88. The second-order valence-corrected chi connectivity index (χ2v) is 5.45. The summed E-state index contributed by atoms with van der Waals surface area (Å²) in [4.78, 5) is 0. The summed E-state index contributed by atoms with van der Waals surface area (Å²) in [5.74, 6) is 0. The number of fused-ring (bicyclic) bond motifs is 1. The van der Waals surface area contributed by atoms with Gasteiger partial charge >= 0.3 is 0 Å². The van der Waals surface area contributed by atoms with Gasteiger partial charge < -0.3 is 10.3 Å². The smallest absolute Gasteiger partial charge is 0.0485 e. The third-order valence-electron chi connectivity index (χ3n) is 4.19. The molecule has 0 atom stereocenters. The van der Waals surface area contributed by atoms with Gasteiger partial charge in [0.25, 0.3) is 0 Å². The van der Waals surface area contributed by atoms with Crippen LogP contribution in [0.15, 0.2) is 30.5 Å². The van der Waals surface area contributed by atoms with E-state index in [-0.39, 0.29) is 0 Å². The van der Waals surface area contributed by atoms with Gasteiger partial charge in [-0.1, -0.05) is 31.4 Å². The van der Waals surface area contributed by atoms with E-state index in [2.05, 4.69) is 35.0 Å². The first-order valence-electron chi connectivity index (χ1n) is 7.18. The standard InChI is InChI=1S/C16H22N2/c17-10-8-13-6-7-14-9-11-18(16(14)12-13)15-4-2-1-3-5-15/h6-7,9,11-12,15H,1-5,8,10,17H2. The van der Waals surface area contributed by atoms with Crippen molar-refractivity contribution in [2.24, 2.45) is 5.73 Å². The molecular formula is C16H22N2. The molecule has 0 unspecified atom stereocenters. The Labute approximate surface area is 109 Å². The van der Waals surface area contributed by atoms with Crippen molar-refractivity contribution in [3.63, 3.8) is 0 Å². The third kappa shape index (κ3) is 2.17. The van der Waals surface area contributed by atoms with Crippen molar-refractivity contribution in [2.45, 2.75) is 44.6 Å². The van der Waals surface area contributed by atoms with Crippen LogP contribution in [-0.2, 0) is 6.42 Å². The molecular weight excluding hydrogens is 220 g/mol. The predicted octanol–water partition coefficient (Wildman–Crippen LogP) is 3.65. The highest BCUT2D eigenvalue weighted by atomic mass is 15.0. The number of hydrogen-bond donors (Lipinski definition) is 1. The fourth-order valence-corrected chi connectivity index (χ4v) is 3.19. The molecule has 2 nitrogen and oxygen atoms in total. The van der Waals surface area contributed by atoms with Crippen LogP contribution < -0.4 is 5.73 Å². The molecule has 0 saturated heterocycles. The number of hydrogen-bond acceptors (Lipinski definition) is 1. The summed E-state index contributed by atoms with van der Waals surface area (Å²) in [5.41, 5.74) is 8.41. The van der Waals surface area contributed by atoms with E-state index in [1.807, 2.05) is 0 Å². The maximum atomic E-state index is 5.65. The Bertz CT molecular complexity index is 521. The fourth-order valence-electron chi connectivity index (χ4n) is 3.19. The molecule has 0 spiro atoms. The van der Waals surface area contributed by atoms with E-state index >= 15 is 0 Å². The fraction of sp³-hybridized carbons (Fsp3) is 0.500. The molecule has 0 radical (unpaired) electrons. The SMILES string of the molecule is NCCc1ccc2ccn(C3CCCCC3)c2c1. The Morgan fingerprint density at radius 1 is 1.11 bits per heavy atom. The highest BCUT2D eigenvalue weighted by Crippen LogP contribution is 2.31. The van der Waals surface area contributed by atoms with E-state index < -0.39 is 0 Å². The third-order valence-corrected chi connectivity index (χ3v) is 4.19. The highest BCUT2D eigenvalue weighted by Gasteiger charge is 2.16. The molecule has 2 heteroatoms. The summed E-state index contributed by atoms with van der Waals surface area (Å²) < 4.78 is 2.49. The molecule has 1 heterocycles. The minimum atomic E-state index is 0.712. The van der Waals surface area contributed by atoms with Gasteiger partial charge in [-0.25, -0.2) is 0 Å². The van der Waals surface area contributed by atoms with Crippen molar-refractivity contribution in [1.29, 1.82) is 0 Å². The number of benzene rings is 1. The molecule has 1 saturated carbocycles. The summed E-state index contributed by atoms with van der Waals surface area (Å²) in [6, 6.07) is 9.73. The van der Waals surface area contributed by atoms with Crippen LogP contribution in [0.3, 0.4) is 0 Å². The maximum Gasteiger partial charge on any atom is 0.0485 e. The summed E-state index contributed by atoms with van der Waals surface area (Å²) in [6.45, 7) is 0.732. The van der Waals surface area contributed by atoms with E-state index in [9.17, 15) is 0 Å². The lowest BCUT2D eigenvalue weighted by atomic mass is 9.95. The zero-order chi connectivity index (χ0) is 12.4. The number of aromatic nitrogens is 1. The van der Waals surface area contributed by atoms with Crippen LogP contribution in [0.5, 0.6) is 0 Å². The number of nitrogens with zero attached hydrogens (tertiary/aromatic N) is 1. The summed E-state index contributed by atoms with van der Waals surface area (Å²) in [7, 11) is 0. The van der Waals surface area contributed by atoms with E-state index in [4.69, 9.17) is 5.73 Å². The summed E-state index contributed by atoms with van der Waals surface area (Å²) in [5, 5.41) is 1.36. The Kier molecular flexibility index (Phi) is 3.37. The molecule has 1 aromatic carbocycles. The first kappa shape index (κ1) is 11.8. The van der Waals surface area contributed by atoms with Gasteiger partial charge in [0.05, 0.1) is 0 Å². The summed E-state index contributed by atoms with van der Waals surface area (Å²) in [6.07, 6.45) is 10.1. The van der Waals surface area contributed by atoms with Crippen LogP contribution in [-0.4, -0.2) is 11.1 Å². The molecule has 2 aromatic rings. The molecule has 96 valence electrons. The molecule has 3 rings (SSSR count). The van der Waals surface area contributed by atoms with Crippen molar-refractivity contribution in [2.75, 3.05) is 6.54 Å². The van der Waals surface area contributed by atoms with Crippen molar-refractivity contribution in [3.05, 3.63) is 36.0 Å². The molecule has 2 N–H and O–H groups in total. The predicted molar refractivity (Wildman–Crippen MR) is 76.8 cm³/mol. The van der Waals surface area contributed by atoms with Gasteiger partial charge in [0.15, 0.2) is 0 Å².